The van der Waals surface area contributed by atoms with Crippen molar-refractivity contribution in [2.75, 3.05) is 0 Å². The van der Waals surface area contributed by atoms with E-state index < -0.39 is 0 Å². The average molecular weight is 207 g/mol. The lowest BCUT2D eigenvalue weighted by molar-refractivity contribution is 0.441. The van der Waals surface area contributed by atoms with E-state index in [1.807, 2.05) is 19.1 Å². The van der Waals surface area contributed by atoms with Gasteiger partial charge in [-0.05, 0) is 31.9 Å². The molecular weight excluding hydrogens is 186 g/mol. The minimum absolute atomic E-state index is 0.329. The van der Waals surface area contributed by atoms with Crippen LogP contribution in [0.15, 0.2) is 24.3 Å². The zero-order valence-electron chi connectivity index (χ0n) is 9.45. The highest BCUT2D eigenvalue weighted by Gasteiger charge is 2.06. The lowest BCUT2D eigenvalue weighted by Crippen LogP contribution is -2.22. The monoisotopic (exact) mass is 207 g/mol. The number of rotatable bonds is 0. The maximum Gasteiger partial charge on any atom is 0.115 e. The number of aromatic hydroxyl groups is 1. The van der Waals surface area contributed by atoms with Crippen molar-refractivity contribution in [2.24, 2.45) is 5.73 Å². The van der Waals surface area contributed by atoms with E-state index in [0.29, 0.717) is 11.8 Å². The average Bonchev–Trinajstić information content (AvgIpc) is 2.25. The van der Waals surface area contributed by atoms with Crippen LogP contribution in [0.1, 0.15) is 37.7 Å². The van der Waals surface area contributed by atoms with Crippen LogP contribution in [0.3, 0.4) is 0 Å². The van der Waals surface area contributed by atoms with Gasteiger partial charge in [0.2, 0.25) is 0 Å². The molecule has 0 bridgehead atoms. The quantitative estimate of drug-likeness (QED) is 0.687. The predicted octanol–water partition coefficient (Wildman–Crippen LogP) is 2.98. The molecule has 1 aliphatic rings. The second-order valence-corrected chi connectivity index (χ2v) is 4.23. The van der Waals surface area contributed by atoms with E-state index >= 15 is 0 Å². The summed E-state index contributed by atoms with van der Waals surface area (Å²) in [5.41, 5.74) is 6.80. The molecule has 1 aromatic rings. The minimum atomic E-state index is 0.329. The Morgan fingerprint density at radius 3 is 1.93 bits per heavy atom. The molecule has 0 atom stereocenters. The van der Waals surface area contributed by atoms with Gasteiger partial charge in [0.05, 0.1) is 0 Å². The van der Waals surface area contributed by atoms with Gasteiger partial charge in [0, 0.05) is 6.04 Å². The topological polar surface area (TPSA) is 46.2 Å². The second-order valence-electron chi connectivity index (χ2n) is 4.23. The zero-order chi connectivity index (χ0) is 11.1. The maximum absolute atomic E-state index is 8.76. The third-order valence-corrected chi connectivity index (χ3v) is 2.68. The first-order valence-corrected chi connectivity index (χ1v) is 5.69. The second kappa shape index (κ2) is 6.46. The highest BCUT2D eigenvalue weighted by molar-refractivity contribution is 5.24. The molecule has 2 heteroatoms. The molecule has 0 aliphatic heterocycles. The van der Waals surface area contributed by atoms with Crippen LogP contribution in [0, 0.1) is 6.92 Å². The summed E-state index contributed by atoms with van der Waals surface area (Å²) in [6.45, 7) is 1.99. The summed E-state index contributed by atoms with van der Waals surface area (Å²) in [5, 5.41) is 8.76. The molecule has 1 aromatic carbocycles. The number of aryl methyl sites for hydroxylation is 1. The van der Waals surface area contributed by atoms with Crippen LogP contribution in [0.4, 0.5) is 0 Å². The van der Waals surface area contributed by atoms with Crippen LogP contribution < -0.4 is 5.73 Å². The van der Waals surface area contributed by atoms with Crippen molar-refractivity contribution >= 4 is 0 Å². The van der Waals surface area contributed by atoms with Crippen molar-refractivity contribution in [2.45, 2.75) is 45.1 Å². The van der Waals surface area contributed by atoms with Crippen LogP contribution in [-0.4, -0.2) is 11.1 Å². The Bertz CT molecular complexity index is 241. The molecule has 15 heavy (non-hydrogen) atoms. The molecule has 1 fully saturated rings. The summed E-state index contributed by atoms with van der Waals surface area (Å²) < 4.78 is 0. The van der Waals surface area contributed by atoms with Gasteiger partial charge in [-0.15, -0.1) is 0 Å². The fraction of sp³-hybridized carbons (Fsp3) is 0.538. The number of hydrogen-bond acceptors (Lipinski definition) is 2. The fourth-order valence-electron chi connectivity index (χ4n) is 1.68. The van der Waals surface area contributed by atoms with Crippen molar-refractivity contribution in [1.29, 1.82) is 0 Å². The first-order chi connectivity index (χ1) is 7.18. The molecule has 2 nitrogen and oxygen atoms in total. The third-order valence-electron chi connectivity index (χ3n) is 2.68. The van der Waals surface area contributed by atoms with Gasteiger partial charge in [0.25, 0.3) is 0 Å². The van der Waals surface area contributed by atoms with Crippen LogP contribution in [0.5, 0.6) is 5.75 Å². The number of phenols is 1. The largest absolute Gasteiger partial charge is 0.508 e. The molecule has 2 rings (SSSR count). The first kappa shape index (κ1) is 12.1. The minimum Gasteiger partial charge on any atom is -0.508 e. The molecule has 0 unspecified atom stereocenters. The number of hydrogen-bond donors (Lipinski definition) is 2. The van der Waals surface area contributed by atoms with Crippen molar-refractivity contribution in [3.63, 3.8) is 0 Å². The molecule has 1 saturated carbocycles. The van der Waals surface area contributed by atoms with E-state index in [2.05, 4.69) is 0 Å². The highest BCUT2D eigenvalue weighted by atomic mass is 16.3. The zero-order valence-corrected chi connectivity index (χ0v) is 9.45. The number of phenolic OH excluding ortho intramolecular Hbond substituents is 1. The normalized spacial score (nSPS) is 16.7. The van der Waals surface area contributed by atoms with Crippen LogP contribution in [-0.2, 0) is 0 Å². The van der Waals surface area contributed by atoms with Crippen LogP contribution in [0.2, 0.25) is 0 Å². The Kier molecular flexibility index (Phi) is 5.19. The van der Waals surface area contributed by atoms with Crippen molar-refractivity contribution in [3.05, 3.63) is 29.8 Å². The molecule has 0 aromatic heterocycles. The van der Waals surface area contributed by atoms with Gasteiger partial charge < -0.3 is 10.8 Å². The first-order valence-electron chi connectivity index (χ1n) is 5.69. The summed E-state index contributed by atoms with van der Waals surface area (Å²) in [6, 6.07) is 7.63. The summed E-state index contributed by atoms with van der Waals surface area (Å²) in [5.74, 6) is 0.329. The maximum atomic E-state index is 8.76. The Balaban J connectivity index is 0.000000151. The van der Waals surface area contributed by atoms with Crippen LogP contribution in [0.25, 0.3) is 0 Å². The smallest absolute Gasteiger partial charge is 0.115 e. The van der Waals surface area contributed by atoms with E-state index in [-0.39, 0.29) is 0 Å². The fourth-order valence-corrected chi connectivity index (χ4v) is 1.68. The molecule has 0 amide bonds. The third kappa shape index (κ3) is 5.43. The number of nitrogens with two attached hydrogens (primary N) is 1. The van der Waals surface area contributed by atoms with Crippen LogP contribution >= 0.6 is 0 Å². The van der Waals surface area contributed by atoms with Gasteiger partial charge in [-0.2, -0.15) is 0 Å². The van der Waals surface area contributed by atoms with Crippen molar-refractivity contribution in [1.82, 2.24) is 0 Å². The molecule has 1 aliphatic carbocycles. The predicted molar refractivity (Wildman–Crippen MR) is 63.9 cm³/mol. The molecule has 0 radical (unpaired) electrons. The molecule has 0 spiro atoms. The molecule has 84 valence electrons. The van der Waals surface area contributed by atoms with Crippen molar-refractivity contribution < 1.29 is 5.11 Å². The van der Waals surface area contributed by atoms with E-state index in [0.717, 1.165) is 0 Å². The van der Waals surface area contributed by atoms with E-state index in [1.54, 1.807) is 12.1 Å². The Morgan fingerprint density at radius 2 is 1.60 bits per heavy atom. The van der Waals surface area contributed by atoms with Crippen molar-refractivity contribution in [3.8, 4) is 5.75 Å². The van der Waals surface area contributed by atoms with E-state index in [9.17, 15) is 0 Å². The Labute approximate surface area is 92.1 Å². The summed E-state index contributed by atoms with van der Waals surface area (Å²) in [7, 11) is 0. The summed E-state index contributed by atoms with van der Waals surface area (Å²) in [4.78, 5) is 0. The van der Waals surface area contributed by atoms with Gasteiger partial charge in [-0.1, -0.05) is 37.0 Å². The molecule has 0 saturated heterocycles. The van der Waals surface area contributed by atoms with Gasteiger partial charge in [0.15, 0.2) is 0 Å². The highest BCUT2D eigenvalue weighted by Crippen LogP contribution is 2.14. The lowest BCUT2D eigenvalue weighted by atomic mass is 9.97. The molecule has 0 heterocycles. The standard InChI is InChI=1S/C7H8O.C6H13N/c1-6-2-4-7(8)5-3-6;7-6-4-2-1-3-5-6/h2-5,8H,1H3;6H,1-5,7H2. The molecule has 3 N–H and O–H groups in total. The SMILES string of the molecule is Cc1ccc(O)cc1.NC1CCCCC1. The van der Waals surface area contributed by atoms with Gasteiger partial charge in [0.1, 0.15) is 5.75 Å². The van der Waals surface area contributed by atoms with Gasteiger partial charge in [-0.3, -0.25) is 0 Å². The van der Waals surface area contributed by atoms with E-state index in [1.165, 1.54) is 37.7 Å². The Hall–Kier alpha value is -1.02. The Morgan fingerprint density at radius 1 is 1.07 bits per heavy atom. The lowest BCUT2D eigenvalue weighted by Gasteiger charge is -2.15. The van der Waals surface area contributed by atoms with Gasteiger partial charge in [-0.25, -0.2) is 0 Å². The number of benzene rings is 1. The van der Waals surface area contributed by atoms with E-state index in [4.69, 9.17) is 10.8 Å². The van der Waals surface area contributed by atoms with Gasteiger partial charge >= 0.3 is 0 Å². The summed E-state index contributed by atoms with van der Waals surface area (Å²) >= 11 is 0. The molecular formula is C13H21NO. The summed E-state index contributed by atoms with van der Waals surface area (Å²) in [6.07, 6.45) is 6.66.